The molecule has 18 heavy (non-hydrogen) atoms. The maximum Gasteiger partial charge on any atom is 0.331 e. The normalized spacial score (nSPS) is 9.83. The molecule has 0 bridgehead atoms. The van der Waals surface area contributed by atoms with Gasteiger partial charge in [-0.05, 0) is 18.2 Å². The molecule has 2 aromatic rings. The number of rotatable bonds is 4. The van der Waals surface area contributed by atoms with Crippen molar-refractivity contribution in [2.75, 3.05) is 5.43 Å². The van der Waals surface area contributed by atoms with Gasteiger partial charge in [0, 0.05) is 12.3 Å². The average Bonchev–Trinajstić information content (AvgIpc) is 2.39. The zero-order valence-electron chi connectivity index (χ0n) is 9.11. The topological polar surface area (TPSA) is 116 Å². The highest BCUT2D eigenvalue weighted by atomic mass is 16.6. The van der Waals surface area contributed by atoms with Gasteiger partial charge in [-0.1, -0.05) is 0 Å². The Balaban J connectivity index is 2.38. The van der Waals surface area contributed by atoms with E-state index >= 15 is 0 Å². The van der Waals surface area contributed by atoms with E-state index in [0.717, 1.165) is 0 Å². The van der Waals surface area contributed by atoms with Crippen molar-refractivity contribution in [1.82, 2.24) is 9.97 Å². The first-order valence-electron chi connectivity index (χ1n) is 4.90. The second kappa shape index (κ2) is 5.06. The Hall–Kier alpha value is -2.74. The van der Waals surface area contributed by atoms with Crippen molar-refractivity contribution in [2.45, 2.75) is 0 Å². The van der Waals surface area contributed by atoms with Crippen LogP contribution < -0.4 is 16.0 Å². The van der Waals surface area contributed by atoms with Gasteiger partial charge in [0.2, 0.25) is 0 Å². The van der Waals surface area contributed by atoms with Crippen molar-refractivity contribution in [3.8, 4) is 11.6 Å². The molecule has 0 aliphatic heterocycles. The van der Waals surface area contributed by atoms with Crippen LogP contribution in [0.1, 0.15) is 0 Å². The third-order valence-corrected chi connectivity index (χ3v) is 2.03. The molecule has 0 fully saturated rings. The summed E-state index contributed by atoms with van der Waals surface area (Å²) in [7, 11) is 0. The number of nitrogen functional groups attached to an aromatic ring is 1. The molecule has 0 radical (unpaired) electrons. The number of nitro groups is 1. The number of hydrazine groups is 1. The van der Waals surface area contributed by atoms with Crippen LogP contribution in [0.4, 0.5) is 11.5 Å². The Bertz CT molecular complexity index is 561. The lowest BCUT2D eigenvalue weighted by molar-refractivity contribution is -0.386. The van der Waals surface area contributed by atoms with Gasteiger partial charge in [-0.2, -0.15) is 4.98 Å². The van der Waals surface area contributed by atoms with Crippen LogP contribution in [0, 0.1) is 10.1 Å². The summed E-state index contributed by atoms with van der Waals surface area (Å²) in [6.07, 6.45) is 2.99. The van der Waals surface area contributed by atoms with Gasteiger partial charge in [0.25, 0.3) is 0 Å². The summed E-state index contributed by atoms with van der Waals surface area (Å²) < 4.78 is 5.30. The van der Waals surface area contributed by atoms with Crippen LogP contribution in [0.5, 0.6) is 11.6 Å². The SMILES string of the molecule is NNc1ccc([N+](=O)[O-])c(Oc2cccnc2)n1. The Morgan fingerprint density at radius 2 is 2.22 bits per heavy atom. The standard InChI is InChI=1S/C10H9N5O3/c11-14-9-4-3-8(15(16)17)10(13-9)18-7-2-1-5-12-6-7/h1-6H,11H2,(H,13,14). The molecule has 0 saturated carbocycles. The fourth-order valence-corrected chi connectivity index (χ4v) is 1.25. The minimum absolute atomic E-state index is 0.150. The molecule has 0 aliphatic rings. The number of anilines is 1. The molecule has 0 amide bonds. The first-order valence-corrected chi connectivity index (χ1v) is 4.90. The van der Waals surface area contributed by atoms with Crippen molar-refractivity contribution in [3.63, 3.8) is 0 Å². The summed E-state index contributed by atoms with van der Waals surface area (Å²) >= 11 is 0. The largest absolute Gasteiger partial charge is 0.432 e. The zero-order valence-corrected chi connectivity index (χ0v) is 9.11. The zero-order chi connectivity index (χ0) is 13.0. The summed E-state index contributed by atoms with van der Waals surface area (Å²) in [5.74, 6) is 5.65. The third-order valence-electron chi connectivity index (χ3n) is 2.03. The number of nitrogens with zero attached hydrogens (tertiary/aromatic N) is 3. The van der Waals surface area contributed by atoms with Crippen LogP contribution in [0.15, 0.2) is 36.7 Å². The molecule has 0 atom stereocenters. The molecular weight excluding hydrogens is 238 g/mol. The van der Waals surface area contributed by atoms with Gasteiger partial charge in [0.15, 0.2) is 0 Å². The first-order chi connectivity index (χ1) is 8.70. The smallest absolute Gasteiger partial charge is 0.331 e. The third kappa shape index (κ3) is 2.50. The van der Waals surface area contributed by atoms with Gasteiger partial charge in [-0.15, -0.1) is 0 Å². The summed E-state index contributed by atoms with van der Waals surface area (Å²) in [4.78, 5) is 18.0. The highest BCUT2D eigenvalue weighted by Gasteiger charge is 2.18. The van der Waals surface area contributed by atoms with Gasteiger partial charge < -0.3 is 10.2 Å². The Kier molecular flexibility index (Phi) is 3.30. The predicted molar refractivity (Wildman–Crippen MR) is 63.0 cm³/mol. The number of hydrogen-bond donors (Lipinski definition) is 2. The molecule has 2 aromatic heterocycles. The second-order valence-corrected chi connectivity index (χ2v) is 3.21. The fourth-order valence-electron chi connectivity index (χ4n) is 1.25. The van der Waals surface area contributed by atoms with E-state index in [-0.39, 0.29) is 17.4 Å². The van der Waals surface area contributed by atoms with Gasteiger partial charge >= 0.3 is 11.6 Å². The van der Waals surface area contributed by atoms with Crippen LogP contribution >= 0.6 is 0 Å². The molecule has 8 heteroatoms. The van der Waals surface area contributed by atoms with Gasteiger partial charge in [-0.25, -0.2) is 5.84 Å². The van der Waals surface area contributed by atoms with Gasteiger partial charge in [-0.3, -0.25) is 15.1 Å². The molecule has 0 unspecified atom stereocenters. The molecule has 0 aliphatic carbocycles. The highest BCUT2D eigenvalue weighted by molar-refractivity contribution is 5.49. The van der Waals surface area contributed by atoms with Gasteiger partial charge in [0.1, 0.15) is 11.6 Å². The maximum atomic E-state index is 10.8. The van der Waals surface area contributed by atoms with E-state index in [4.69, 9.17) is 10.6 Å². The molecule has 0 spiro atoms. The predicted octanol–water partition coefficient (Wildman–Crippen LogP) is 1.46. The Morgan fingerprint density at radius 1 is 1.39 bits per heavy atom. The molecular formula is C10H9N5O3. The Morgan fingerprint density at radius 3 is 2.83 bits per heavy atom. The molecule has 3 N–H and O–H groups in total. The van der Waals surface area contributed by atoms with E-state index in [2.05, 4.69) is 15.4 Å². The van der Waals surface area contributed by atoms with Crippen molar-refractivity contribution in [2.24, 2.45) is 5.84 Å². The van der Waals surface area contributed by atoms with Crippen LogP contribution in [-0.4, -0.2) is 14.9 Å². The summed E-state index contributed by atoms with van der Waals surface area (Å²) in [6, 6.07) is 5.90. The molecule has 92 valence electrons. The van der Waals surface area contributed by atoms with E-state index < -0.39 is 4.92 Å². The van der Waals surface area contributed by atoms with Gasteiger partial charge in [0.05, 0.1) is 11.1 Å². The second-order valence-electron chi connectivity index (χ2n) is 3.21. The lowest BCUT2D eigenvalue weighted by Crippen LogP contribution is -2.09. The van der Waals surface area contributed by atoms with Crippen molar-refractivity contribution in [1.29, 1.82) is 0 Å². The first kappa shape index (κ1) is 11.7. The monoisotopic (exact) mass is 247 g/mol. The minimum Gasteiger partial charge on any atom is -0.432 e. The molecule has 2 heterocycles. The molecule has 8 nitrogen and oxygen atoms in total. The lowest BCUT2D eigenvalue weighted by Gasteiger charge is -2.06. The van der Waals surface area contributed by atoms with Crippen molar-refractivity contribution >= 4 is 11.5 Å². The van der Waals surface area contributed by atoms with Crippen LogP contribution in [0.25, 0.3) is 0 Å². The lowest BCUT2D eigenvalue weighted by atomic mass is 10.4. The fraction of sp³-hybridized carbons (Fsp3) is 0. The Labute approximate surface area is 102 Å². The summed E-state index contributed by atoms with van der Waals surface area (Å²) in [5, 5.41) is 10.8. The maximum absolute atomic E-state index is 10.8. The van der Waals surface area contributed by atoms with E-state index in [1.165, 1.54) is 18.3 Å². The average molecular weight is 247 g/mol. The molecule has 0 saturated heterocycles. The molecule has 0 aromatic carbocycles. The highest BCUT2D eigenvalue weighted by Crippen LogP contribution is 2.29. The molecule has 2 rings (SSSR count). The van der Waals surface area contributed by atoms with Crippen molar-refractivity contribution < 1.29 is 9.66 Å². The summed E-state index contributed by atoms with van der Waals surface area (Å²) in [6.45, 7) is 0. The summed E-state index contributed by atoms with van der Waals surface area (Å²) in [5.41, 5.74) is 2.04. The minimum atomic E-state index is -0.584. The number of pyridine rings is 2. The van der Waals surface area contributed by atoms with E-state index in [1.54, 1.807) is 18.3 Å². The van der Waals surface area contributed by atoms with Crippen LogP contribution in [0.2, 0.25) is 0 Å². The number of hydrogen-bond acceptors (Lipinski definition) is 7. The number of nitrogens with two attached hydrogens (primary N) is 1. The number of nitrogens with one attached hydrogen (secondary N) is 1. The quantitative estimate of drug-likeness (QED) is 0.477. The van der Waals surface area contributed by atoms with Crippen LogP contribution in [0.3, 0.4) is 0 Å². The number of ether oxygens (including phenoxy) is 1. The number of aromatic nitrogens is 2. The van der Waals surface area contributed by atoms with E-state index in [0.29, 0.717) is 5.75 Å². The van der Waals surface area contributed by atoms with E-state index in [1.807, 2.05) is 0 Å². The van der Waals surface area contributed by atoms with Crippen molar-refractivity contribution in [3.05, 3.63) is 46.8 Å². The van der Waals surface area contributed by atoms with Crippen LogP contribution in [-0.2, 0) is 0 Å². The van der Waals surface area contributed by atoms with E-state index in [9.17, 15) is 10.1 Å².